The van der Waals surface area contributed by atoms with E-state index >= 15 is 0 Å². The van der Waals surface area contributed by atoms with Crippen molar-refractivity contribution in [3.8, 4) is 0 Å². The molecule has 1 atom stereocenters. The first-order valence-electron chi connectivity index (χ1n) is 7.53. The molecule has 2 aromatic heterocycles. The van der Waals surface area contributed by atoms with E-state index in [2.05, 4.69) is 64.8 Å². The van der Waals surface area contributed by atoms with Crippen molar-refractivity contribution in [2.45, 2.75) is 32.9 Å². The lowest BCUT2D eigenvalue weighted by molar-refractivity contribution is 0.526. The summed E-state index contributed by atoms with van der Waals surface area (Å²) in [5, 5.41) is 7.95. The van der Waals surface area contributed by atoms with E-state index in [1.54, 1.807) is 11.3 Å². The number of nitrogens with one attached hydrogen (secondary N) is 1. The molecule has 0 aliphatic rings. The van der Waals surface area contributed by atoms with Crippen LogP contribution in [0.15, 0.2) is 41.1 Å². The van der Waals surface area contributed by atoms with Gasteiger partial charge in [0.05, 0.1) is 11.0 Å². The van der Waals surface area contributed by atoms with Gasteiger partial charge >= 0.3 is 0 Å². The van der Waals surface area contributed by atoms with Crippen LogP contribution in [0.1, 0.15) is 31.3 Å². The third-order valence-electron chi connectivity index (χ3n) is 3.83. The van der Waals surface area contributed by atoms with E-state index in [1.807, 2.05) is 0 Å². The highest BCUT2D eigenvalue weighted by Crippen LogP contribution is 2.23. The highest BCUT2D eigenvalue weighted by atomic mass is 32.1. The normalized spacial score (nSPS) is 12.9. The number of aromatic nitrogens is 2. The highest BCUT2D eigenvalue weighted by Gasteiger charge is 2.16. The topological polar surface area (TPSA) is 29.9 Å². The number of hydrogen-bond acceptors (Lipinski definition) is 3. The second kappa shape index (κ2) is 6.41. The summed E-state index contributed by atoms with van der Waals surface area (Å²) in [6.45, 7) is 6.26. The minimum Gasteiger partial charge on any atom is -0.328 e. The molecule has 3 rings (SSSR count). The largest absolute Gasteiger partial charge is 0.328 e. The summed E-state index contributed by atoms with van der Waals surface area (Å²) >= 11 is 1.75. The van der Waals surface area contributed by atoms with E-state index in [0.29, 0.717) is 6.04 Å². The Hall–Kier alpha value is -1.65. The molecule has 0 radical (unpaired) electrons. The summed E-state index contributed by atoms with van der Waals surface area (Å²) in [7, 11) is 0. The molecule has 4 heteroatoms. The number of fused-ring (bicyclic) bond motifs is 1. The Morgan fingerprint density at radius 1 is 1.24 bits per heavy atom. The Kier molecular flexibility index (Phi) is 4.36. The van der Waals surface area contributed by atoms with Crippen molar-refractivity contribution >= 4 is 22.4 Å². The van der Waals surface area contributed by atoms with Gasteiger partial charge in [0.15, 0.2) is 0 Å². The number of likely N-dealkylation sites (N-methyl/N-ethyl adjacent to an activating group) is 1. The van der Waals surface area contributed by atoms with E-state index in [-0.39, 0.29) is 0 Å². The van der Waals surface area contributed by atoms with Crippen molar-refractivity contribution in [1.29, 1.82) is 0 Å². The molecule has 1 N–H and O–H groups in total. The average Bonchev–Trinajstić information content (AvgIpc) is 3.14. The van der Waals surface area contributed by atoms with Gasteiger partial charge in [-0.05, 0) is 48.0 Å². The van der Waals surface area contributed by atoms with Crippen LogP contribution < -0.4 is 5.32 Å². The maximum atomic E-state index is 4.84. The molecule has 110 valence electrons. The zero-order valence-electron chi connectivity index (χ0n) is 12.5. The van der Waals surface area contributed by atoms with Gasteiger partial charge in [0.2, 0.25) is 0 Å². The number of hydrogen-bond donors (Lipinski definition) is 1. The lowest BCUT2D eigenvalue weighted by Crippen LogP contribution is -2.23. The van der Waals surface area contributed by atoms with Crippen molar-refractivity contribution < 1.29 is 0 Å². The predicted molar refractivity (Wildman–Crippen MR) is 89.8 cm³/mol. The Morgan fingerprint density at radius 2 is 2.10 bits per heavy atom. The number of nitrogens with zero attached hydrogens (tertiary/aromatic N) is 2. The van der Waals surface area contributed by atoms with Crippen LogP contribution >= 0.6 is 11.3 Å². The maximum absolute atomic E-state index is 4.84. The summed E-state index contributed by atoms with van der Waals surface area (Å²) in [6, 6.07) is 10.9. The number of benzene rings is 1. The molecule has 0 fully saturated rings. The molecule has 0 aliphatic heterocycles. The molecule has 0 aliphatic carbocycles. The van der Waals surface area contributed by atoms with E-state index < -0.39 is 0 Å². The molecule has 21 heavy (non-hydrogen) atoms. The molecule has 0 bridgehead atoms. The standard InChI is InChI=1S/C17H21N3S/c1-3-18-15(13-9-10-21-12-13)11-17-19-14-7-5-6-8-16(14)20(17)4-2/h5-10,12,15,18H,3-4,11H2,1-2H3. The highest BCUT2D eigenvalue weighted by molar-refractivity contribution is 7.07. The SMILES string of the molecule is CCNC(Cc1nc2ccccc2n1CC)c1ccsc1. The number of para-hydroxylation sites is 2. The van der Waals surface area contributed by atoms with Gasteiger partial charge in [-0.15, -0.1) is 0 Å². The van der Waals surface area contributed by atoms with Crippen LogP contribution in [-0.4, -0.2) is 16.1 Å². The smallest absolute Gasteiger partial charge is 0.111 e. The third-order valence-corrected chi connectivity index (χ3v) is 4.53. The first-order valence-corrected chi connectivity index (χ1v) is 8.47. The summed E-state index contributed by atoms with van der Waals surface area (Å²) in [5.41, 5.74) is 3.68. The van der Waals surface area contributed by atoms with Crippen molar-refractivity contribution in [3.63, 3.8) is 0 Å². The first kappa shape index (κ1) is 14.3. The van der Waals surface area contributed by atoms with Gasteiger partial charge in [0.25, 0.3) is 0 Å². The molecule has 3 aromatic rings. The second-order valence-corrected chi connectivity index (χ2v) is 5.91. The first-order chi connectivity index (χ1) is 10.3. The molecule has 0 amide bonds. The Labute approximate surface area is 129 Å². The van der Waals surface area contributed by atoms with Crippen molar-refractivity contribution in [2.75, 3.05) is 6.54 Å². The zero-order chi connectivity index (χ0) is 14.7. The van der Waals surface area contributed by atoms with Crippen LogP contribution in [0.2, 0.25) is 0 Å². The van der Waals surface area contributed by atoms with Crippen molar-refractivity contribution in [3.05, 3.63) is 52.5 Å². The molecule has 0 saturated carbocycles. The Morgan fingerprint density at radius 3 is 2.81 bits per heavy atom. The third kappa shape index (κ3) is 2.87. The molecule has 2 heterocycles. The summed E-state index contributed by atoms with van der Waals surface area (Å²) in [6.07, 6.45) is 0.924. The van der Waals surface area contributed by atoms with E-state index in [9.17, 15) is 0 Å². The lowest BCUT2D eigenvalue weighted by Gasteiger charge is -2.17. The second-order valence-electron chi connectivity index (χ2n) is 5.13. The number of aryl methyl sites for hydroxylation is 1. The summed E-state index contributed by atoms with van der Waals surface area (Å²) in [5.74, 6) is 1.16. The van der Waals surface area contributed by atoms with E-state index in [4.69, 9.17) is 4.98 Å². The summed E-state index contributed by atoms with van der Waals surface area (Å²) in [4.78, 5) is 4.84. The average molecular weight is 299 g/mol. The summed E-state index contributed by atoms with van der Waals surface area (Å²) < 4.78 is 2.33. The van der Waals surface area contributed by atoms with Gasteiger partial charge in [-0.3, -0.25) is 0 Å². The van der Waals surface area contributed by atoms with Crippen molar-refractivity contribution in [2.24, 2.45) is 0 Å². The lowest BCUT2D eigenvalue weighted by atomic mass is 10.1. The van der Waals surface area contributed by atoms with Crippen LogP contribution in [0.4, 0.5) is 0 Å². The minimum atomic E-state index is 0.336. The van der Waals surface area contributed by atoms with Crippen LogP contribution in [0.5, 0.6) is 0 Å². The molecule has 0 spiro atoms. The zero-order valence-corrected chi connectivity index (χ0v) is 13.4. The van der Waals surface area contributed by atoms with Gasteiger partial charge in [0.1, 0.15) is 5.82 Å². The fourth-order valence-corrected chi connectivity index (χ4v) is 3.56. The Bertz CT molecular complexity index is 700. The molecule has 0 saturated heterocycles. The molecule has 1 unspecified atom stereocenters. The number of imidazole rings is 1. The van der Waals surface area contributed by atoms with Crippen molar-refractivity contribution in [1.82, 2.24) is 14.9 Å². The minimum absolute atomic E-state index is 0.336. The quantitative estimate of drug-likeness (QED) is 0.745. The maximum Gasteiger partial charge on any atom is 0.111 e. The number of thiophene rings is 1. The number of rotatable bonds is 6. The Balaban J connectivity index is 1.95. The van der Waals surface area contributed by atoms with Gasteiger partial charge in [-0.25, -0.2) is 4.98 Å². The van der Waals surface area contributed by atoms with Gasteiger partial charge in [-0.1, -0.05) is 19.1 Å². The van der Waals surface area contributed by atoms with Crippen LogP contribution in [-0.2, 0) is 13.0 Å². The monoisotopic (exact) mass is 299 g/mol. The predicted octanol–water partition coefficient (Wildman–Crippen LogP) is 4.01. The van der Waals surface area contributed by atoms with Gasteiger partial charge < -0.3 is 9.88 Å². The molecular weight excluding hydrogens is 278 g/mol. The fourth-order valence-electron chi connectivity index (χ4n) is 2.84. The van der Waals surface area contributed by atoms with E-state index in [0.717, 1.165) is 30.9 Å². The van der Waals surface area contributed by atoms with E-state index in [1.165, 1.54) is 11.1 Å². The fraction of sp³-hybridized carbons (Fsp3) is 0.353. The van der Waals surface area contributed by atoms with Crippen LogP contribution in [0.3, 0.4) is 0 Å². The van der Waals surface area contributed by atoms with Crippen LogP contribution in [0.25, 0.3) is 11.0 Å². The van der Waals surface area contributed by atoms with Gasteiger partial charge in [0, 0.05) is 19.0 Å². The molecule has 1 aromatic carbocycles. The van der Waals surface area contributed by atoms with Gasteiger partial charge in [-0.2, -0.15) is 11.3 Å². The molecular formula is C17H21N3S. The van der Waals surface area contributed by atoms with Crippen LogP contribution in [0, 0.1) is 0 Å². The molecule has 3 nitrogen and oxygen atoms in total.